The molecule has 2 rings (SSSR count). The van der Waals surface area contributed by atoms with Crippen LogP contribution in [-0.4, -0.2) is 4.98 Å². The normalized spacial score (nSPS) is 10.6. The van der Waals surface area contributed by atoms with Crippen LogP contribution in [0.1, 0.15) is 30.7 Å². The highest BCUT2D eigenvalue weighted by molar-refractivity contribution is 5.43. The Kier molecular flexibility index (Phi) is 3.97. The molecule has 3 nitrogen and oxygen atoms in total. The van der Waals surface area contributed by atoms with Gasteiger partial charge in [-0.05, 0) is 37.6 Å². The Balaban J connectivity index is 1.99. The molecular weight excluding hydrogens is 231 g/mol. The van der Waals surface area contributed by atoms with Crippen molar-refractivity contribution in [3.63, 3.8) is 0 Å². The minimum absolute atomic E-state index is 0.235. The van der Waals surface area contributed by atoms with Gasteiger partial charge in [-0.2, -0.15) is 0 Å². The first-order valence-corrected chi connectivity index (χ1v) is 6.13. The van der Waals surface area contributed by atoms with Crippen molar-refractivity contribution in [2.24, 2.45) is 0 Å². The van der Waals surface area contributed by atoms with E-state index in [0.717, 1.165) is 35.9 Å². The first kappa shape index (κ1) is 12.6. The summed E-state index contributed by atoms with van der Waals surface area (Å²) in [4.78, 5) is 4.36. The number of nitrogens with one attached hydrogen (secondary N) is 1. The van der Waals surface area contributed by atoms with Crippen LogP contribution in [0.5, 0.6) is 0 Å². The summed E-state index contributed by atoms with van der Waals surface area (Å²) in [6, 6.07) is 6.26. The van der Waals surface area contributed by atoms with Crippen LogP contribution in [0.2, 0.25) is 0 Å². The van der Waals surface area contributed by atoms with Crippen molar-refractivity contribution in [1.29, 1.82) is 0 Å². The lowest BCUT2D eigenvalue weighted by Gasteiger charge is -2.04. The molecule has 4 heteroatoms. The van der Waals surface area contributed by atoms with E-state index in [1.165, 1.54) is 12.1 Å². The molecule has 1 aromatic carbocycles. The fourth-order valence-corrected chi connectivity index (χ4v) is 1.72. The highest BCUT2D eigenvalue weighted by Crippen LogP contribution is 2.15. The molecule has 0 aliphatic carbocycles. The second-order valence-electron chi connectivity index (χ2n) is 4.23. The molecule has 0 amide bonds. The van der Waals surface area contributed by atoms with Gasteiger partial charge < -0.3 is 9.73 Å². The molecule has 0 spiro atoms. The molecule has 0 bridgehead atoms. The topological polar surface area (TPSA) is 38.1 Å². The van der Waals surface area contributed by atoms with Crippen LogP contribution in [0.25, 0.3) is 0 Å². The van der Waals surface area contributed by atoms with E-state index in [1.54, 1.807) is 12.1 Å². The van der Waals surface area contributed by atoms with Crippen LogP contribution in [0.15, 0.2) is 28.7 Å². The van der Waals surface area contributed by atoms with E-state index < -0.39 is 0 Å². The third kappa shape index (κ3) is 3.09. The zero-order valence-corrected chi connectivity index (χ0v) is 10.7. The Labute approximate surface area is 106 Å². The fraction of sp³-hybridized carbons (Fsp3) is 0.357. The number of hydrogen-bond donors (Lipinski definition) is 1. The number of rotatable bonds is 5. The minimum atomic E-state index is -0.235. The van der Waals surface area contributed by atoms with Gasteiger partial charge in [0.1, 0.15) is 11.6 Å². The summed E-state index contributed by atoms with van der Waals surface area (Å²) in [7, 11) is 0. The second kappa shape index (κ2) is 5.67. The number of anilines is 1. The van der Waals surface area contributed by atoms with Crippen LogP contribution >= 0.6 is 0 Å². The quantitative estimate of drug-likeness (QED) is 0.877. The van der Waals surface area contributed by atoms with Crippen LogP contribution in [0.4, 0.5) is 10.1 Å². The summed E-state index contributed by atoms with van der Waals surface area (Å²) in [5.74, 6) is 1.38. The third-order valence-electron chi connectivity index (χ3n) is 2.70. The highest BCUT2D eigenvalue weighted by atomic mass is 19.1. The molecule has 0 aliphatic heterocycles. The summed E-state index contributed by atoms with van der Waals surface area (Å²) in [6.45, 7) is 4.59. The van der Waals surface area contributed by atoms with E-state index in [9.17, 15) is 4.39 Å². The Morgan fingerprint density at radius 3 is 2.67 bits per heavy atom. The molecular formula is C14H17FN2O. The van der Waals surface area contributed by atoms with Gasteiger partial charge in [-0.15, -0.1) is 0 Å². The van der Waals surface area contributed by atoms with Crippen LogP contribution in [0, 0.1) is 12.7 Å². The number of benzene rings is 1. The maximum Gasteiger partial charge on any atom is 0.194 e. The maximum absolute atomic E-state index is 12.7. The molecule has 18 heavy (non-hydrogen) atoms. The van der Waals surface area contributed by atoms with Gasteiger partial charge in [-0.3, -0.25) is 0 Å². The Morgan fingerprint density at radius 2 is 2.00 bits per heavy atom. The molecule has 1 heterocycles. The van der Waals surface area contributed by atoms with E-state index in [1.807, 2.05) is 6.92 Å². The van der Waals surface area contributed by atoms with Crippen molar-refractivity contribution >= 4 is 5.69 Å². The molecule has 96 valence electrons. The second-order valence-corrected chi connectivity index (χ2v) is 4.23. The standard InChI is InChI=1S/C14H17FN2O/c1-3-4-14-17-10(2)13(18-14)9-16-12-7-5-11(15)6-8-12/h5-8,16H,3-4,9H2,1-2H3. The molecule has 0 saturated carbocycles. The lowest BCUT2D eigenvalue weighted by molar-refractivity contribution is 0.457. The van der Waals surface area contributed by atoms with Crippen molar-refractivity contribution < 1.29 is 8.81 Å². The van der Waals surface area contributed by atoms with Gasteiger partial charge in [0.25, 0.3) is 0 Å². The monoisotopic (exact) mass is 248 g/mol. The highest BCUT2D eigenvalue weighted by Gasteiger charge is 2.08. The van der Waals surface area contributed by atoms with Crippen LogP contribution in [-0.2, 0) is 13.0 Å². The van der Waals surface area contributed by atoms with Crippen molar-refractivity contribution in [2.75, 3.05) is 5.32 Å². The maximum atomic E-state index is 12.7. The molecule has 0 saturated heterocycles. The molecule has 0 unspecified atom stereocenters. The van der Waals surface area contributed by atoms with E-state index in [-0.39, 0.29) is 5.82 Å². The van der Waals surface area contributed by atoms with Gasteiger partial charge in [0.15, 0.2) is 5.89 Å². The van der Waals surface area contributed by atoms with Crippen molar-refractivity contribution in [2.45, 2.75) is 33.2 Å². The number of aromatic nitrogens is 1. The molecule has 0 atom stereocenters. The SMILES string of the molecule is CCCc1nc(C)c(CNc2ccc(F)cc2)o1. The van der Waals surface area contributed by atoms with Gasteiger partial charge in [-0.1, -0.05) is 6.92 Å². The third-order valence-corrected chi connectivity index (χ3v) is 2.70. The van der Waals surface area contributed by atoms with E-state index >= 15 is 0 Å². The minimum Gasteiger partial charge on any atom is -0.444 e. The summed E-state index contributed by atoms with van der Waals surface area (Å²) in [5.41, 5.74) is 1.78. The summed E-state index contributed by atoms with van der Waals surface area (Å²) < 4.78 is 18.4. The Morgan fingerprint density at radius 1 is 1.28 bits per heavy atom. The van der Waals surface area contributed by atoms with Gasteiger partial charge in [0.05, 0.1) is 12.2 Å². The zero-order valence-electron chi connectivity index (χ0n) is 10.7. The number of aryl methyl sites for hydroxylation is 2. The summed E-state index contributed by atoms with van der Waals surface area (Å²) in [5, 5.41) is 3.18. The summed E-state index contributed by atoms with van der Waals surface area (Å²) >= 11 is 0. The zero-order chi connectivity index (χ0) is 13.0. The molecule has 0 fully saturated rings. The van der Waals surface area contributed by atoms with Crippen LogP contribution in [0.3, 0.4) is 0 Å². The predicted molar refractivity (Wildman–Crippen MR) is 69.0 cm³/mol. The van der Waals surface area contributed by atoms with Crippen molar-refractivity contribution in [3.8, 4) is 0 Å². The first-order valence-electron chi connectivity index (χ1n) is 6.13. The number of hydrogen-bond acceptors (Lipinski definition) is 3. The van der Waals surface area contributed by atoms with Gasteiger partial charge in [0, 0.05) is 12.1 Å². The lowest BCUT2D eigenvalue weighted by Crippen LogP contribution is -1.99. The predicted octanol–water partition coefficient (Wildman–Crippen LogP) is 3.69. The average Bonchev–Trinajstić information content (AvgIpc) is 2.70. The summed E-state index contributed by atoms with van der Waals surface area (Å²) in [6.07, 6.45) is 1.88. The van der Waals surface area contributed by atoms with Crippen LogP contribution < -0.4 is 5.32 Å². The van der Waals surface area contributed by atoms with Crippen molar-refractivity contribution in [3.05, 3.63) is 47.4 Å². The molecule has 2 aromatic rings. The number of halogens is 1. The molecule has 1 N–H and O–H groups in total. The molecule has 1 aromatic heterocycles. The smallest absolute Gasteiger partial charge is 0.194 e. The van der Waals surface area contributed by atoms with E-state index in [2.05, 4.69) is 17.2 Å². The van der Waals surface area contributed by atoms with Crippen molar-refractivity contribution in [1.82, 2.24) is 4.98 Å². The largest absolute Gasteiger partial charge is 0.444 e. The Bertz CT molecular complexity index is 505. The molecule has 0 aliphatic rings. The lowest BCUT2D eigenvalue weighted by atomic mass is 10.3. The fourth-order valence-electron chi connectivity index (χ4n) is 1.72. The van der Waals surface area contributed by atoms with E-state index in [4.69, 9.17) is 4.42 Å². The van der Waals surface area contributed by atoms with Gasteiger partial charge in [0.2, 0.25) is 0 Å². The molecule has 0 radical (unpaired) electrons. The average molecular weight is 248 g/mol. The van der Waals surface area contributed by atoms with E-state index in [0.29, 0.717) is 6.54 Å². The number of oxazole rings is 1. The number of nitrogens with zero attached hydrogens (tertiary/aromatic N) is 1. The first-order chi connectivity index (χ1) is 8.69. The van der Waals surface area contributed by atoms with Gasteiger partial charge in [-0.25, -0.2) is 9.37 Å². The Hall–Kier alpha value is -1.84. The van der Waals surface area contributed by atoms with Gasteiger partial charge >= 0.3 is 0 Å².